The molecule has 1 heterocycles. The number of nitrogens with zero attached hydrogens (tertiary/aromatic N) is 4. The van der Waals surface area contributed by atoms with E-state index in [1.165, 1.54) is 11.8 Å². The van der Waals surface area contributed by atoms with E-state index in [9.17, 15) is 4.79 Å². The average Bonchev–Trinajstić information content (AvgIpc) is 3.11. The third-order valence-electron chi connectivity index (χ3n) is 3.74. The molecule has 0 radical (unpaired) electrons. The molecule has 0 spiro atoms. The van der Waals surface area contributed by atoms with Gasteiger partial charge in [0.05, 0.1) is 12.0 Å². The molecule has 0 bridgehead atoms. The Kier molecular flexibility index (Phi) is 7.24. The van der Waals surface area contributed by atoms with Crippen molar-refractivity contribution in [1.29, 1.82) is 0 Å². The Bertz CT molecular complexity index is 973. The first-order valence-electron chi connectivity index (χ1n) is 8.46. The second-order valence-corrected chi connectivity index (χ2v) is 7.99. The zero-order chi connectivity index (χ0) is 19.9. The van der Waals surface area contributed by atoms with Crippen LogP contribution in [-0.4, -0.2) is 32.6 Å². The van der Waals surface area contributed by atoms with Crippen LogP contribution in [0.2, 0.25) is 5.02 Å². The first kappa shape index (κ1) is 20.6. The number of amides is 1. The van der Waals surface area contributed by atoms with Crippen molar-refractivity contribution < 1.29 is 4.79 Å². The third-order valence-corrected chi connectivity index (χ3v) is 5.49. The van der Waals surface area contributed by atoms with Gasteiger partial charge in [0.1, 0.15) is 0 Å². The van der Waals surface area contributed by atoms with Crippen molar-refractivity contribution in [2.75, 3.05) is 5.75 Å². The number of aromatic nitrogens is 3. The van der Waals surface area contributed by atoms with E-state index in [1.807, 2.05) is 60.0 Å². The Balaban J connectivity index is 1.58. The molecule has 0 unspecified atom stereocenters. The van der Waals surface area contributed by atoms with E-state index in [1.54, 1.807) is 6.21 Å². The minimum atomic E-state index is -0.211. The maximum atomic E-state index is 12.0. The van der Waals surface area contributed by atoms with Gasteiger partial charge in [-0.1, -0.05) is 51.4 Å². The second-order valence-electron chi connectivity index (χ2n) is 5.69. The Morgan fingerprint density at radius 3 is 2.61 bits per heavy atom. The quantitative estimate of drug-likeness (QED) is 0.305. The number of rotatable bonds is 7. The van der Waals surface area contributed by atoms with Crippen molar-refractivity contribution in [2.24, 2.45) is 5.10 Å². The summed E-state index contributed by atoms with van der Waals surface area (Å²) in [5.74, 6) is 0.726. The predicted molar refractivity (Wildman–Crippen MR) is 117 cm³/mol. The zero-order valence-electron chi connectivity index (χ0n) is 15.0. The summed E-state index contributed by atoms with van der Waals surface area (Å²) in [6.07, 6.45) is 1.60. The van der Waals surface area contributed by atoms with Gasteiger partial charge < -0.3 is 4.57 Å². The fourth-order valence-corrected chi connectivity index (χ4v) is 3.57. The van der Waals surface area contributed by atoms with Crippen LogP contribution in [0.1, 0.15) is 12.5 Å². The molecular formula is C19H17BrClN5OS. The van der Waals surface area contributed by atoms with E-state index in [4.69, 9.17) is 11.6 Å². The maximum absolute atomic E-state index is 12.0. The minimum Gasteiger partial charge on any atom is -0.302 e. The highest BCUT2D eigenvalue weighted by atomic mass is 79.9. The standard InChI is InChI=1S/C19H17BrClN5OS/c1-2-26-18(14-5-9-16(21)10-6-14)24-25-19(26)28-12-17(27)23-22-11-13-3-7-15(20)8-4-13/h3-11H,2,12H2,1H3,(H,23,27)/b22-11-. The molecule has 28 heavy (non-hydrogen) atoms. The third kappa shape index (κ3) is 5.43. The molecule has 3 aromatic rings. The van der Waals surface area contributed by atoms with Crippen molar-refractivity contribution in [3.8, 4) is 11.4 Å². The SMILES string of the molecule is CCn1c(SCC(=O)N/N=C\c2ccc(Br)cc2)nnc1-c1ccc(Cl)cc1. The lowest BCUT2D eigenvalue weighted by Crippen LogP contribution is -2.20. The van der Waals surface area contributed by atoms with Gasteiger partial charge in [-0.2, -0.15) is 5.10 Å². The molecule has 1 N–H and O–H groups in total. The van der Waals surface area contributed by atoms with Crippen LogP contribution in [0.15, 0.2) is 63.3 Å². The van der Waals surface area contributed by atoms with E-state index in [0.29, 0.717) is 16.7 Å². The molecule has 0 aliphatic rings. The van der Waals surface area contributed by atoms with Gasteiger partial charge in [0.15, 0.2) is 11.0 Å². The summed E-state index contributed by atoms with van der Waals surface area (Å²) in [7, 11) is 0. The van der Waals surface area contributed by atoms with Crippen molar-refractivity contribution in [1.82, 2.24) is 20.2 Å². The van der Waals surface area contributed by atoms with Gasteiger partial charge in [-0.05, 0) is 48.9 Å². The van der Waals surface area contributed by atoms with E-state index in [-0.39, 0.29) is 11.7 Å². The van der Waals surface area contributed by atoms with E-state index >= 15 is 0 Å². The number of benzene rings is 2. The fraction of sp³-hybridized carbons (Fsp3) is 0.158. The lowest BCUT2D eigenvalue weighted by molar-refractivity contribution is -0.118. The molecule has 0 saturated carbocycles. The number of thioether (sulfide) groups is 1. The fourth-order valence-electron chi connectivity index (χ4n) is 2.38. The van der Waals surface area contributed by atoms with Gasteiger partial charge in [0, 0.05) is 21.6 Å². The summed E-state index contributed by atoms with van der Waals surface area (Å²) in [5.41, 5.74) is 4.35. The van der Waals surface area contributed by atoms with Crippen LogP contribution in [0.25, 0.3) is 11.4 Å². The summed E-state index contributed by atoms with van der Waals surface area (Å²) in [5, 5.41) is 13.8. The number of hydrogen-bond acceptors (Lipinski definition) is 5. The smallest absolute Gasteiger partial charge is 0.250 e. The summed E-state index contributed by atoms with van der Waals surface area (Å²) >= 11 is 10.6. The monoisotopic (exact) mass is 477 g/mol. The van der Waals surface area contributed by atoms with Crippen LogP contribution in [-0.2, 0) is 11.3 Å². The number of halogens is 2. The van der Waals surface area contributed by atoms with Crippen LogP contribution in [0, 0.1) is 0 Å². The molecule has 1 aromatic heterocycles. The average molecular weight is 479 g/mol. The maximum Gasteiger partial charge on any atom is 0.250 e. The lowest BCUT2D eigenvalue weighted by atomic mass is 10.2. The van der Waals surface area contributed by atoms with Crippen LogP contribution in [0.5, 0.6) is 0 Å². The topological polar surface area (TPSA) is 72.2 Å². The molecule has 2 aromatic carbocycles. The molecule has 0 aliphatic carbocycles. The molecule has 9 heteroatoms. The van der Waals surface area contributed by atoms with Gasteiger partial charge in [0.25, 0.3) is 5.91 Å². The van der Waals surface area contributed by atoms with Crippen LogP contribution >= 0.6 is 39.3 Å². The van der Waals surface area contributed by atoms with E-state index in [2.05, 4.69) is 36.7 Å². The number of hydrogen-bond donors (Lipinski definition) is 1. The zero-order valence-corrected chi connectivity index (χ0v) is 18.1. The van der Waals surface area contributed by atoms with E-state index in [0.717, 1.165) is 21.4 Å². The molecule has 3 rings (SSSR count). The Labute approximate surface area is 180 Å². The molecule has 0 aliphatic heterocycles. The minimum absolute atomic E-state index is 0.191. The van der Waals surface area contributed by atoms with Gasteiger partial charge in [-0.3, -0.25) is 4.79 Å². The predicted octanol–water partition coefficient (Wildman–Crippen LogP) is 4.62. The highest BCUT2D eigenvalue weighted by Gasteiger charge is 2.14. The van der Waals surface area contributed by atoms with Crippen molar-refractivity contribution in [2.45, 2.75) is 18.6 Å². The van der Waals surface area contributed by atoms with Crippen LogP contribution in [0.4, 0.5) is 0 Å². The van der Waals surface area contributed by atoms with Crippen molar-refractivity contribution >= 4 is 51.4 Å². The number of carbonyl (C=O) groups is 1. The molecule has 0 atom stereocenters. The Hall–Kier alpha value is -2.16. The molecule has 0 saturated heterocycles. The summed E-state index contributed by atoms with van der Waals surface area (Å²) < 4.78 is 2.95. The summed E-state index contributed by atoms with van der Waals surface area (Å²) in [6, 6.07) is 15.0. The molecule has 144 valence electrons. The van der Waals surface area contributed by atoms with Gasteiger partial charge in [-0.25, -0.2) is 5.43 Å². The number of nitrogens with one attached hydrogen (secondary N) is 1. The molecule has 6 nitrogen and oxygen atoms in total. The number of carbonyl (C=O) groups excluding carboxylic acids is 1. The summed E-state index contributed by atoms with van der Waals surface area (Å²) in [4.78, 5) is 12.0. The molecular weight excluding hydrogens is 462 g/mol. The molecule has 1 amide bonds. The van der Waals surface area contributed by atoms with Crippen LogP contribution < -0.4 is 5.43 Å². The van der Waals surface area contributed by atoms with Crippen LogP contribution in [0.3, 0.4) is 0 Å². The Morgan fingerprint density at radius 2 is 1.93 bits per heavy atom. The van der Waals surface area contributed by atoms with Crippen molar-refractivity contribution in [3.05, 3.63) is 63.6 Å². The van der Waals surface area contributed by atoms with Crippen molar-refractivity contribution in [3.63, 3.8) is 0 Å². The van der Waals surface area contributed by atoms with Gasteiger partial charge >= 0.3 is 0 Å². The van der Waals surface area contributed by atoms with Gasteiger partial charge in [-0.15, -0.1) is 10.2 Å². The highest BCUT2D eigenvalue weighted by molar-refractivity contribution is 9.10. The first-order valence-corrected chi connectivity index (χ1v) is 10.6. The van der Waals surface area contributed by atoms with E-state index < -0.39 is 0 Å². The highest BCUT2D eigenvalue weighted by Crippen LogP contribution is 2.25. The van der Waals surface area contributed by atoms with Gasteiger partial charge in [0.2, 0.25) is 0 Å². The summed E-state index contributed by atoms with van der Waals surface area (Å²) in [6.45, 7) is 2.70. The number of hydrazone groups is 1. The first-order chi connectivity index (χ1) is 13.6. The Morgan fingerprint density at radius 1 is 1.21 bits per heavy atom. The normalized spacial score (nSPS) is 11.1. The lowest BCUT2D eigenvalue weighted by Gasteiger charge is -2.07. The second kappa shape index (κ2) is 9.86. The molecule has 0 fully saturated rings. The largest absolute Gasteiger partial charge is 0.302 e.